The Morgan fingerprint density at radius 1 is 1.00 bits per heavy atom. The monoisotopic (exact) mass is 277 g/mol. The van der Waals surface area contributed by atoms with Crippen molar-refractivity contribution in [1.82, 2.24) is 0 Å². The van der Waals surface area contributed by atoms with E-state index in [-0.39, 0.29) is 0 Å². The number of hydrogen-bond donors (Lipinski definition) is 1. The van der Waals surface area contributed by atoms with Crippen LogP contribution in [0.2, 0.25) is 0 Å². The second-order valence-electron chi connectivity index (χ2n) is 3.82. The third-order valence-corrected chi connectivity index (χ3v) is 3.20. The molecule has 1 nitrogen and oxygen atoms in total. The first-order valence-corrected chi connectivity index (χ1v) is 6.46. The predicted molar refractivity (Wildman–Crippen MR) is 80.2 cm³/mol. The van der Waals surface area contributed by atoms with Crippen molar-refractivity contribution in [3.05, 3.63) is 65.2 Å². The normalized spacial score (nSPS) is 11.3. The van der Waals surface area contributed by atoms with Crippen LogP contribution in [0.3, 0.4) is 0 Å². The molecule has 0 aliphatic heterocycles. The van der Waals surface area contributed by atoms with E-state index in [4.69, 9.17) is 23.2 Å². The smallest absolute Gasteiger partial charge is 0.0516 e. The van der Waals surface area contributed by atoms with Gasteiger partial charge >= 0.3 is 0 Å². The van der Waals surface area contributed by atoms with Gasteiger partial charge in [-0.1, -0.05) is 71.7 Å². The van der Waals surface area contributed by atoms with Gasteiger partial charge in [0.25, 0.3) is 0 Å². The van der Waals surface area contributed by atoms with Crippen LogP contribution in [0.1, 0.15) is 0 Å². The van der Waals surface area contributed by atoms with Gasteiger partial charge in [-0.25, -0.2) is 0 Å². The van der Waals surface area contributed by atoms with E-state index in [2.05, 4.69) is 23.5 Å². The molecule has 0 fully saturated rings. The Hall–Kier alpha value is -1.44. The van der Waals surface area contributed by atoms with Crippen molar-refractivity contribution >= 4 is 28.9 Å². The Balaban J connectivity index is 2.26. The summed E-state index contributed by atoms with van der Waals surface area (Å²) >= 11 is 11.4. The molecule has 92 valence electrons. The maximum atomic E-state index is 5.88. The van der Waals surface area contributed by atoms with Gasteiger partial charge in [0, 0.05) is 21.8 Å². The Morgan fingerprint density at radius 2 is 1.67 bits per heavy atom. The van der Waals surface area contributed by atoms with Crippen molar-refractivity contribution in [3.63, 3.8) is 0 Å². The van der Waals surface area contributed by atoms with Gasteiger partial charge < -0.3 is 5.32 Å². The maximum absolute atomic E-state index is 5.88. The second kappa shape index (κ2) is 6.48. The molecule has 0 heterocycles. The van der Waals surface area contributed by atoms with Crippen LogP contribution in [-0.2, 0) is 0 Å². The Morgan fingerprint density at radius 3 is 2.39 bits per heavy atom. The molecule has 0 atom stereocenters. The number of nitrogens with one attached hydrogen (secondary N) is 1. The third kappa shape index (κ3) is 3.28. The molecule has 0 bridgehead atoms. The lowest BCUT2D eigenvalue weighted by Crippen LogP contribution is -2.02. The minimum absolute atomic E-state index is 0.523. The molecule has 0 aliphatic carbocycles. The summed E-state index contributed by atoms with van der Waals surface area (Å²) in [4.78, 5) is 0. The van der Waals surface area contributed by atoms with Crippen molar-refractivity contribution in [3.8, 4) is 11.1 Å². The van der Waals surface area contributed by atoms with Crippen LogP contribution in [0.4, 0.5) is 5.69 Å². The zero-order chi connectivity index (χ0) is 12.8. The van der Waals surface area contributed by atoms with E-state index < -0.39 is 0 Å². The zero-order valence-corrected chi connectivity index (χ0v) is 11.2. The van der Waals surface area contributed by atoms with Gasteiger partial charge in [0.1, 0.15) is 0 Å². The van der Waals surface area contributed by atoms with Gasteiger partial charge in [-0.2, -0.15) is 0 Å². The molecule has 3 heteroatoms. The lowest BCUT2D eigenvalue weighted by molar-refractivity contribution is 1.31. The first kappa shape index (κ1) is 13.0. The number of rotatable bonds is 4. The molecule has 0 aromatic heterocycles. The number of anilines is 1. The highest BCUT2D eigenvalue weighted by atomic mass is 35.5. The zero-order valence-electron chi connectivity index (χ0n) is 9.74. The van der Waals surface area contributed by atoms with Gasteiger partial charge in [0.2, 0.25) is 0 Å². The molecular formula is C15H13Cl2N. The molecule has 1 N–H and O–H groups in total. The van der Waals surface area contributed by atoms with Crippen LogP contribution < -0.4 is 5.32 Å². The number of hydrogen-bond acceptors (Lipinski definition) is 1. The highest BCUT2D eigenvalue weighted by molar-refractivity contribution is 6.36. The van der Waals surface area contributed by atoms with Crippen molar-refractivity contribution < 1.29 is 0 Å². The molecule has 2 aromatic rings. The fourth-order valence-corrected chi connectivity index (χ4v) is 1.87. The van der Waals surface area contributed by atoms with Crippen molar-refractivity contribution in [2.75, 3.05) is 11.9 Å². The van der Waals surface area contributed by atoms with Crippen LogP contribution in [-0.4, -0.2) is 6.54 Å². The van der Waals surface area contributed by atoms with E-state index in [0.29, 0.717) is 11.6 Å². The summed E-state index contributed by atoms with van der Waals surface area (Å²) in [6.45, 7) is 0.523. The summed E-state index contributed by atoms with van der Waals surface area (Å²) in [6, 6.07) is 18.3. The average Bonchev–Trinajstić information content (AvgIpc) is 2.46. The molecule has 2 rings (SSSR count). The Bertz CT molecular complexity index is 535. The average molecular weight is 278 g/mol. The first-order valence-electron chi connectivity index (χ1n) is 5.64. The molecule has 0 spiro atoms. The second-order valence-corrected chi connectivity index (χ2v) is 4.52. The number of para-hydroxylation sites is 1. The van der Waals surface area contributed by atoms with Crippen LogP contribution >= 0.6 is 23.2 Å². The van der Waals surface area contributed by atoms with E-state index >= 15 is 0 Å². The van der Waals surface area contributed by atoms with Crippen molar-refractivity contribution in [2.24, 2.45) is 0 Å². The SMILES string of the molecule is ClC=C(Cl)CNc1ccccc1-c1ccccc1. The summed E-state index contributed by atoms with van der Waals surface area (Å²) in [7, 11) is 0. The molecule has 18 heavy (non-hydrogen) atoms. The largest absolute Gasteiger partial charge is 0.380 e. The van der Waals surface area contributed by atoms with Gasteiger partial charge in [-0.15, -0.1) is 0 Å². The highest BCUT2D eigenvalue weighted by Crippen LogP contribution is 2.27. The van der Waals surface area contributed by atoms with Gasteiger partial charge in [0.05, 0.1) is 6.54 Å². The van der Waals surface area contributed by atoms with E-state index in [9.17, 15) is 0 Å². The van der Waals surface area contributed by atoms with Gasteiger partial charge in [0.15, 0.2) is 0 Å². The molecule has 0 radical (unpaired) electrons. The molecule has 0 saturated carbocycles. The lowest BCUT2D eigenvalue weighted by atomic mass is 10.0. The van der Waals surface area contributed by atoms with Crippen molar-refractivity contribution in [2.45, 2.75) is 0 Å². The van der Waals surface area contributed by atoms with Crippen LogP contribution in [0, 0.1) is 0 Å². The molecule has 0 saturated heterocycles. The molecule has 0 aliphatic rings. The van der Waals surface area contributed by atoms with E-state index in [1.165, 1.54) is 11.1 Å². The maximum Gasteiger partial charge on any atom is 0.0516 e. The minimum atomic E-state index is 0.523. The standard InChI is InChI=1S/C15H13Cl2N/c16-10-13(17)11-18-15-9-5-4-8-14(15)12-6-2-1-3-7-12/h1-10,18H,11H2. The summed E-state index contributed by atoms with van der Waals surface area (Å²) in [5.41, 5.74) is 4.74. The van der Waals surface area contributed by atoms with Gasteiger partial charge in [-0.05, 0) is 11.6 Å². The molecule has 2 aromatic carbocycles. The quantitative estimate of drug-likeness (QED) is 0.821. The molecule has 0 unspecified atom stereocenters. The lowest BCUT2D eigenvalue weighted by Gasteiger charge is -2.11. The van der Waals surface area contributed by atoms with Crippen LogP contribution in [0.15, 0.2) is 65.2 Å². The summed E-state index contributed by atoms with van der Waals surface area (Å²) in [5, 5.41) is 3.86. The Kier molecular flexibility index (Phi) is 4.68. The number of halogens is 2. The Labute approximate surface area is 117 Å². The summed E-state index contributed by atoms with van der Waals surface area (Å²) in [5.74, 6) is 0. The summed E-state index contributed by atoms with van der Waals surface area (Å²) in [6.07, 6.45) is 0. The van der Waals surface area contributed by atoms with E-state index in [1.807, 2.05) is 36.4 Å². The third-order valence-electron chi connectivity index (χ3n) is 2.58. The van der Waals surface area contributed by atoms with Crippen molar-refractivity contribution in [1.29, 1.82) is 0 Å². The van der Waals surface area contributed by atoms with Gasteiger partial charge in [-0.3, -0.25) is 0 Å². The fraction of sp³-hybridized carbons (Fsp3) is 0.0667. The van der Waals surface area contributed by atoms with Crippen LogP contribution in [0.25, 0.3) is 11.1 Å². The molecular weight excluding hydrogens is 265 g/mol. The van der Waals surface area contributed by atoms with Crippen LogP contribution in [0.5, 0.6) is 0 Å². The predicted octanol–water partition coefficient (Wildman–Crippen LogP) is 5.08. The topological polar surface area (TPSA) is 12.0 Å². The van der Waals surface area contributed by atoms with E-state index in [0.717, 1.165) is 11.3 Å². The van der Waals surface area contributed by atoms with E-state index in [1.54, 1.807) is 0 Å². The summed E-state index contributed by atoms with van der Waals surface area (Å²) < 4.78 is 0. The minimum Gasteiger partial charge on any atom is -0.380 e. The highest BCUT2D eigenvalue weighted by Gasteiger charge is 2.03. The number of benzene rings is 2. The first-order chi connectivity index (χ1) is 8.81. The fourth-order valence-electron chi connectivity index (χ4n) is 1.72. The molecule has 0 amide bonds.